The van der Waals surface area contributed by atoms with Crippen molar-refractivity contribution in [1.29, 1.82) is 0 Å². The van der Waals surface area contributed by atoms with Crippen LogP contribution in [0.2, 0.25) is 0 Å². The molecule has 54 valence electrons. The first kappa shape index (κ1) is 7.07. The van der Waals surface area contributed by atoms with Gasteiger partial charge < -0.3 is 4.90 Å². The lowest BCUT2D eigenvalue weighted by atomic mass is 9.95. The van der Waals surface area contributed by atoms with Crippen molar-refractivity contribution < 1.29 is 0 Å². The normalized spacial score (nSPS) is 30.0. The lowest BCUT2D eigenvalue weighted by Gasteiger charge is -2.13. The third-order valence-electron chi connectivity index (χ3n) is 2.37. The number of likely N-dealkylation sites (tertiary alicyclic amines) is 1. The Hall–Kier alpha value is -0.0400. The SMILES string of the molecule is CC(C)[C@H]1CCN(C)C1. The molecule has 0 aromatic heterocycles. The fourth-order valence-corrected chi connectivity index (χ4v) is 1.51. The van der Waals surface area contributed by atoms with E-state index in [0.717, 1.165) is 11.8 Å². The van der Waals surface area contributed by atoms with Crippen molar-refractivity contribution in [1.82, 2.24) is 4.90 Å². The summed E-state index contributed by atoms with van der Waals surface area (Å²) in [4.78, 5) is 2.42. The molecule has 0 unspecified atom stereocenters. The molecule has 0 radical (unpaired) electrons. The van der Waals surface area contributed by atoms with Crippen LogP contribution >= 0.6 is 0 Å². The first-order valence-corrected chi connectivity index (χ1v) is 3.88. The van der Waals surface area contributed by atoms with Crippen molar-refractivity contribution in [3.05, 3.63) is 0 Å². The number of nitrogens with zero attached hydrogens (tertiary/aromatic N) is 1. The maximum absolute atomic E-state index is 2.42. The molecule has 1 rings (SSSR count). The molecule has 0 amide bonds. The Morgan fingerprint density at radius 1 is 1.44 bits per heavy atom. The zero-order chi connectivity index (χ0) is 6.85. The number of hydrogen-bond acceptors (Lipinski definition) is 1. The molecule has 0 N–H and O–H groups in total. The van der Waals surface area contributed by atoms with E-state index in [1.807, 2.05) is 0 Å². The van der Waals surface area contributed by atoms with Gasteiger partial charge in [0.2, 0.25) is 0 Å². The summed E-state index contributed by atoms with van der Waals surface area (Å²) < 4.78 is 0. The third-order valence-corrected chi connectivity index (χ3v) is 2.37. The van der Waals surface area contributed by atoms with Crippen LogP contribution in [0.15, 0.2) is 0 Å². The summed E-state index contributed by atoms with van der Waals surface area (Å²) in [5, 5.41) is 0. The molecule has 9 heavy (non-hydrogen) atoms. The summed E-state index contributed by atoms with van der Waals surface area (Å²) in [7, 11) is 2.21. The Bertz CT molecular complexity index is 88.6. The van der Waals surface area contributed by atoms with Crippen LogP contribution in [0.5, 0.6) is 0 Å². The van der Waals surface area contributed by atoms with Crippen molar-refractivity contribution in [2.75, 3.05) is 20.1 Å². The highest BCUT2D eigenvalue weighted by atomic mass is 15.1. The van der Waals surface area contributed by atoms with Gasteiger partial charge in [0.15, 0.2) is 0 Å². The molecule has 0 spiro atoms. The minimum Gasteiger partial charge on any atom is -0.306 e. The zero-order valence-electron chi connectivity index (χ0n) is 6.72. The van der Waals surface area contributed by atoms with Gasteiger partial charge >= 0.3 is 0 Å². The van der Waals surface area contributed by atoms with Crippen LogP contribution in [0.1, 0.15) is 20.3 Å². The second-order valence-corrected chi connectivity index (χ2v) is 3.56. The molecule has 0 aromatic rings. The van der Waals surface area contributed by atoms with Gasteiger partial charge in [-0.05, 0) is 31.8 Å². The zero-order valence-corrected chi connectivity index (χ0v) is 6.72. The summed E-state index contributed by atoms with van der Waals surface area (Å²) in [6.45, 7) is 7.27. The summed E-state index contributed by atoms with van der Waals surface area (Å²) >= 11 is 0. The van der Waals surface area contributed by atoms with Crippen molar-refractivity contribution in [3.63, 3.8) is 0 Å². The minimum absolute atomic E-state index is 0.884. The summed E-state index contributed by atoms with van der Waals surface area (Å²) in [6, 6.07) is 0. The molecule has 1 aliphatic heterocycles. The molecule has 1 nitrogen and oxygen atoms in total. The second kappa shape index (κ2) is 2.70. The smallest absolute Gasteiger partial charge is 0.000953 e. The summed E-state index contributed by atoms with van der Waals surface area (Å²) in [5.41, 5.74) is 0. The van der Waals surface area contributed by atoms with Gasteiger partial charge in [-0.15, -0.1) is 0 Å². The van der Waals surface area contributed by atoms with Crippen molar-refractivity contribution in [2.24, 2.45) is 11.8 Å². The maximum Gasteiger partial charge on any atom is 0.000953 e. The van der Waals surface area contributed by atoms with Crippen LogP contribution < -0.4 is 0 Å². The van der Waals surface area contributed by atoms with Gasteiger partial charge in [-0.25, -0.2) is 0 Å². The number of rotatable bonds is 1. The quantitative estimate of drug-likeness (QED) is 0.517. The van der Waals surface area contributed by atoms with E-state index in [1.54, 1.807) is 0 Å². The molecular formula is C8H17N. The fourth-order valence-electron chi connectivity index (χ4n) is 1.51. The van der Waals surface area contributed by atoms with Gasteiger partial charge in [-0.2, -0.15) is 0 Å². The molecule has 0 saturated carbocycles. The van der Waals surface area contributed by atoms with E-state index in [-0.39, 0.29) is 0 Å². The summed E-state index contributed by atoms with van der Waals surface area (Å²) in [5.74, 6) is 1.85. The van der Waals surface area contributed by atoms with Crippen LogP contribution in [-0.2, 0) is 0 Å². The van der Waals surface area contributed by atoms with Crippen molar-refractivity contribution >= 4 is 0 Å². The highest BCUT2D eigenvalue weighted by Crippen LogP contribution is 2.21. The molecule has 1 atom stereocenters. The first-order valence-electron chi connectivity index (χ1n) is 3.88. The lowest BCUT2D eigenvalue weighted by Crippen LogP contribution is -2.16. The Kier molecular flexibility index (Phi) is 2.12. The van der Waals surface area contributed by atoms with E-state index in [2.05, 4.69) is 25.8 Å². The monoisotopic (exact) mass is 127 g/mol. The molecule has 1 saturated heterocycles. The largest absolute Gasteiger partial charge is 0.306 e. The molecule has 1 aliphatic rings. The Morgan fingerprint density at radius 2 is 2.11 bits per heavy atom. The standard InChI is InChI=1S/C8H17N/c1-7(2)8-4-5-9(3)6-8/h7-8H,4-6H2,1-3H3/t8-/m0/s1. The van der Waals surface area contributed by atoms with Gasteiger partial charge in [0.25, 0.3) is 0 Å². The molecule has 1 fully saturated rings. The third kappa shape index (κ3) is 1.68. The van der Waals surface area contributed by atoms with Gasteiger partial charge in [0.1, 0.15) is 0 Å². The predicted octanol–water partition coefficient (Wildman–Crippen LogP) is 1.59. The Morgan fingerprint density at radius 3 is 2.33 bits per heavy atom. The predicted molar refractivity (Wildman–Crippen MR) is 40.4 cm³/mol. The fraction of sp³-hybridized carbons (Fsp3) is 1.00. The molecule has 0 aromatic carbocycles. The van der Waals surface area contributed by atoms with Crippen LogP contribution in [0, 0.1) is 11.8 Å². The second-order valence-electron chi connectivity index (χ2n) is 3.56. The topological polar surface area (TPSA) is 3.24 Å². The average Bonchev–Trinajstić information content (AvgIpc) is 2.14. The minimum atomic E-state index is 0.884. The molecule has 1 heteroatoms. The average molecular weight is 127 g/mol. The Labute approximate surface area is 58.0 Å². The van der Waals surface area contributed by atoms with E-state index < -0.39 is 0 Å². The van der Waals surface area contributed by atoms with Crippen molar-refractivity contribution in [2.45, 2.75) is 20.3 Å². The molecule has 0 aliphatic carbocycles. The van der Waals surface area contributed by atoms with E-state index in [1.165, 1.54) is 19.5 Å². The van der Waals surface area contributed by atoms with E-state index in [9.17, 15) is 0 Å². The summed E-state index contributed by atoms with van der Waals surface area (Å²) in [6.07, 6.45) is 1.41. The van der Waals surface area contributed by atoms with Crippen LogP contribution in [-0.4, -0.2) is 25.0 Å². The molecular weight excluding hydrogens is 110 g/mol. The highest BCUT2D eigenvalue weighted by Gasteiger charge is 2.21. The first-order chi connectivity index (χ1) is 4.20. The van der Waals surface area contributed by atoms with Crippen LogP contribution in [0.4, 0.5) is 0 Å². The van der Waals surface area contributed by atoms with Crippen LogP contribution in [0.25, 0.3) is 0 Å². The molecule has 1 heterocycles. The number of hydrogen-bond donors (Lipinski definition) is 0. The maximum atomic E-state index is 2.42. The van der Waals surface area contributed by atoms with Gasteiger partial charge in [-0.3, -0.25) is 0 Å². The van der Waals surface area contributed by atoms with Gasteiger partial charge in [0, 0.05) is 6.54 Å². The van der Waals surface area contributed by atoms with Gasteiger partial charge in [0.05, 0.1) is 0 Å². The van der Waals surface area contributed by atoms with Crippen LogP contribution in [0.3, 0.4) is 0 Å². The van der Waals surface area contributed by atoms with Gasteiger partial charge in [-0.1, -0.05) is 13.8 Å². The highest BCUT2D eigenvalue weighted by molar-refractivity contribution is 4.74. The molecule has 0 bridgehead atoms. The Balaban J connectivity index is 2.30. The van der Waals surface area contributed by atoms with Crippen molar-refractivity contribution in [3.8, 4) is 0 Å². The van der Waals surface area contributed by atoms with E-state index >= 15 is 0 Å². The van der Waals surface area contributed by atoms with E-state index in [0.29, 0.717) is 0 Å². The lowest BCUT2D eigenvalue weighted by molar-refractivity contribution is 0.352. The van der Waals surface area contributed by atoms with E-state index in [4.69, 9.17) is 0 Å².